The maximum atomic E-state index is 11.7. The van der Waals surface area contributed by atoms with Crippen molar-refractivity contribution < 1.29 is 9.21 Å². The van der Waals surface area contributed by atoms with Crippen molar-refractivity contribution in [2.45, 2.75) is 65.2 Å². The fourth-order valence-electron chi connectivity index (χ4n) is 3.55. The highest BCUT2D eigenvalue weighted by atomic mass is 16.3. The number of nitrogens with zero attached hydrogens (tertiary/aromatic N) is 1. The van der Waals surface area contributed by atoms with Gasteiger partial charge in [0.2, 0.25) is 0 Å². The van der Waals surface area contributed by atoms with E-state index < -0.39 is 0 Å². The third kappa shape index (κ3) is 6.83. The summed E-state index contributed by atoms with van der Waals surface area (Å²) in [5.74, 6) is 0.722. The lowest BCUT2D eigenvalue weighted by Gasteiger charge is -2.26. The zero-order valence-electron chi connectivity index (χ0n) is 21.3. The molecule has 0 atom stereocenters. The second-order valence-corrected chi connectivity index (χ2v) is 10.7. The number of amides is 2. The highest BCUT2D eigenvalue weighted by Crippen LogP contribution is 2.33. The summed E-state index contributed by atoms with van der Waals surface area (Å²) in [5, 5.41) is 5.49. The molecule has 2 N–H and O–H groups in total. The number of rotatable bonds is 7. The highest BCUT2D eigenvalue weighted by Gasteiger charge is 2.21. The number of oxazole rings is 1. The van der Waals surface area contributed by atoms with Crippen LogP contribution in [0.2, 0.25) is 0 Å². The molecule has 34 heavy (non-hydrogen) atoms. The summed E-state index contributed by atoms with van der Waals surface area (Å²) in [6.45, 7) is 17.4. The summed E-state index contributed by atoms with van der Waals surface area (Å²) in [7, 11) is 0. The molecule has 0 fully saturated rings. The molecule has 2 amide bonds. The van der Waals surface area contributed by atoms with E-state index in [-0.39, 0.29) is 16.9 Å². The fourth-order valence-corrected chi connectivity index (χ4v) is 3.55. The minimum absolute atomic E-state index is 0.0515. The topological polar surface area (TPSA) is 67.2 Å². The quantitative estimate of drug-likeness (QED) is 0.373. The van der Waals surface area contributed by atoms with Crippen LogP contribution in [0.4, 0.5) is 10.5 Å². The van der Waals surface area contributed by atoms with Gasteiger partial charge in [-0.1, -0.05) is 65.8 Å². The van der Waals surface area contributed by atoms with Crippen molar-refractivity contribution in [1.29, 1.82) is 0 Å². The van der Waals surface area contributed by atoms with Gasteiger partial charge in [-0.05, 0) is 58.2 Å². The molecule has 0 saturated heterocycles. The number of urea groups is 1. The molecule has 0 spiro atoms. The molecule has 2 aromatic carbocycles. The van der Waals surface area contributed by atoms with Crippen LogP contribution in [0.1, 0.15) is 64.1 Å². The van der Waals surface area contributed by atoms with E-state index in [1.807, 2.05) is 24.3 Å². The lowest BCUT2D eigenvalue weighted by atomic mass is 9.79. The number of aromatic nitrogens is 1. The van der Waals surface area contributed by atoms with Crippen LogP contribution >= 0.6 is 0 Å². The predicted octanol–water partition coefficient (Wildman–Crippen LogP) is 7.03. The van der Waals surface area contributed by atoms with Gasteiger partial charge in [-0.3, -0.25) is 0 Å². The third-order valence-corrected chi connectivity index (χ3v) is 5.76. The Hall–Kier alpha value is -3.34. The first-order valence-electron chi connectivity index (χ1n) is 11.8. The maximum absolute atomic E-state index is 11.7. The maximum Gasteiger partial charge on any atom is 0.319 e. The van der Waals surface area contributed by atoms with Gasteiger partial charge in [-0.2, -0.15) is 0 Å². The van der Waals surface area contributed by atoms with Crippen LogP contribution in [0.15, 0.2) is 65.8 Å². The first kappa shape index (κ1) is 25.3. The number of anilines is 1. The van der Waals surface area contributed by atoms with Gasteiger partial charge in [0, 0.05) is 24.2 Å². The smallest absolute Gasteiger partial charge is 0.319 e. The van der Waals surface area contributed by atoms with Gasteiger partial charge in [-0.25, -0.2) is 9.78 Å². The number of carbonyl (C=O) groups is 1. The Morgan fingerprint density at radius 2 is 1.59 bits per heavy atom. The molecule has 1 aromatic heterocycles. The van der Waals surface area contributed by atoms with Crippen LogP contribution in [-0.2, 0) is 23.7 Å². The lowest BCUT2D eigenvalue weighted by Crippen LogP contribution is -2.28. The monoisotopic (exact) mass is 459 g/mol. The summed E-state index contributed by atoms with van der Waals surface area (Å²) in [6.07, 6.45) is 4.91. The van der Waals surface area contributed by atoms with Crippen LogP contribution in [0.5, 0.6) is 0 Å². The lowest BCUT2D eigenvalue weighted by molar-refractivity contribution is 0.253. The van der Waals surface area contributed by atoms with Gasteiger partial charge in [0.25, 0.3) is 0 Å². The average molecular weight is 460 g/mol. The summed E-state index contributed by atoms with van der Waals surface area (Å²) < 4.78 is 5.82. The molecule has 0 radical (unpaired) electrons. The number of hydrogen-bond acceptors (Lipinski definition) is 3. The van der Waals surface area contributed by atoms with Gasteiger partial charge in [0.05, 0.1) is 0 Å². The molecule has 0 aliphatic carbocycles. The number of benzene rings is 2. The molecule has 3 rings (SSSR count). The molecule has 3 aromatic rings. The van der Waals surface area contributed by atoms with E-state index in [1.165, 1.54) is 11.1 Å². The molecule has 0 bridgehead atoms. The van der Waals surface area contributed by atoms with Gasteiger partial charge >= 0.3 is 6.03 Å². The second kappa shape index (κ2) is 10.3. The van der Waals surface area contributed by atoms with E-state index in [4.69, 9.17) is 9.40 Å². The van der Waals surface area contributed by atoms with Crippen molar-refractivity contribution in [2.75, 3.05) is 11.9 Å². The number of nitrogens with one attached hydrogen (secondary N) is 2. The zero-order valence-corrected chi connectivity index (χ0v) is 21.3. The van der Waals surface area contributed by atoms with Crippen molar-refractivity contribution in [2.24, 2.45) is 0 Å². The van der Waals surface area contributed by atoms with Gasteiger partial charge in [0.15, 0.2) is 5.89 Å². The molecule has 5 nitrogen and oxygen atoms in total. The largest absolute Gasteiger partial charge is 0.448 e. The number of aryl methyl sites for hydroxylation is 2. The fraction of sp³-hybridized carbons (Fsp3) is 0.379. The van der Waals surface area contributed by atoms with Crippen molar-refractivity contribution in [3.8, 4) is 11.3 Å². The minimum Gasteiger partial charge on any atom is -0.448 e. The van der Waals surface area contributed by atoms with Gasteiger partial charge in [-0.15, -0.1) is 6.58 Å². The zero-order chi connectivity index (χ0) is 24.9. The first-order chi connectivity index (χ1) is 16.0. The Labute approximate surface area is 203 Å². The summed E-state index contributed by atoms with van der Waals surface area (Å²) in [4.78, 5) is 16.5. The van der Waals surface area contributed by atoms with Gasteiger partial charge in [0.1, 0.15) is 12.0 Å². The molecule has 0 aliphatic rings. The molecule has 0 unspecified atom stereocenters. The molecule has 0 aliphatic heterocycles. The highest BCUT2D eigenvalue weighted by molar-refractivity contribution is 5.89. The SMILES string of the molecule is C=CCNC(=O)Nc1ccc(CCc2nc(-c3cc(C(C)(C)C)cc(C(C)(C)C)c3)co2)cc1. The molecular weight excluding hydrogens is 422 g/mol. The van der Waals surface area contributed by atoms with Gasteiger partial charge < -0.3 is 15.1 Å². The second-order valence-electron chi connectivity index (χ2n) is 10.7. The van der Waals surface area contributed by atoms with E-state index in [9.17, 15) is 4.79 Å². The van der Waals surface area contributed by atoms with Crippen molar-refractivity contribution >= 4 is 11.7 Å². The van der Waals surface area contributed by atoms with E-state index in [1.54, 1.807) is 12.3 Å². The molecule has 5 heteroatoms. The van der Waals surface area contributed by atoms with E-state index in [0.29, 0.717) is 13.0 Å². The Balaban J connectivity index is 1.69. The Morgan fingerprint density at radius 1 is 0.971 bits per heavy atom. The van der Waals surface area contributed by atoms with E-state index in [2.05, 4.69) is 77.0 Å². The van der Waals surface area contributed by atoms with Crippen molar-refractivity contribution in [3.63, 3.8) is 0 Å². The normalized spacial score (nSPS) is 11.8. The van der Waals surface area contributed by atoms with Crippen molar-refractivity contribution in [1.82, 2.24) is 10.3 Å². The van der Waals surface area contributed by atoms with Crippen LogP contribution in [0.25, 0.3) is 11.3 Å². The van der Waals surface area contributed by atoms with Crippen LogP contribution < -0.4 is 10.6 Å². The molecular formula is C29H37N3O2. The average Bonchev–Trinajstić information content (AvgIpc) is 3.25. The van der Waals surface area contributed by atoms with Crippen LogP contribution in [0, 0.1) is 0 Å². The third-order valence-electron chi connectivity index (χ3n) is 5.76. The standard InChI is InChI=1S/C29H37N3O2/c1-8-15-30-27(33)31-24-12-9-20(10-13-24)11-14-26-32-25(19-34-26)21-16-22(28(2,3)4)18-23(17-21)29(5,6)7/h8-10,12-13,16-19H,1,11,14-15H2,2-7H3,(H2,30,31,33). The summed E-state index contributed by atoms with van der Waals surface area (Å²) in [6, 6.07) is 14.3. The Kier molecular flexibility index (Phi) is 7.65. The molecule has 180 valence electrons. The summed E-state index contributed by atoms with van der Waals surface area (Å²) in [5.41, 5.74) is 6.57. The molecule has 0 saturated carbocycles. The molecule has 1 heterocycles. The van der Waals surface area contributed by atoms with Crippen molar-refractivity contribution in [3.05, 3.63) is 84.0 Å². The summed E-state index contributed by atoms with van der Waals surface area (Å²) >= 11 is 0. The predicted molar refractivity (Wildman–Crippen MR) is 140 cm³/mol. The van der Waals surface area contributed by atoms with E-state index >= 15 is 0 Å². The number of hydrogen-bond donors (Lipinski definition) is 2. The number of carbonyl (C=O) groups excluding carboxylic acids is 1. The van der Waals surface area contributed by atoms with Crippen LogP contribution in [-0.4, -0.2) is 17.6 Å². The van der Waals surface area contributed by atoms with E-state index in [0.717, 1.165) is 34.8 Å². The Morgan fingerprint density at radius 3 is 2.15 bits per heavy atom. The van der Waals surface area contributed by atoms with Crippen LogP contribution in [0.3, 0.4) is 0 Å². The Bertz CT molecular complexity index is 1100. The minimum atomic E-state index is -0.245. The first-order valence-corrected chi connectivity index (χ1v) is 11.8.